The maximum Gasteiger partial charge on any atom is -0.00968 e. The van der Waals surface area contributed by atoms with Crippen molar-refractivity contribution in [2.45, 2.75) is 25.7 Å². The standard InChI is InChI=1S/C18H18/c1-5-2-8-13-14-10-4-6-3-9-12-11-7(1)15(5,8)17(11,13)18(12,14)16(6,9)10/h5-14H,1-4H2. The number of fused-ring (bicyclic) bond motifs is 6. The summed E-state index contributed by atoms with van der Waals surface area (Å²) in [6.07, 6.45) is 6.83. The summed E-state index contributed by atoms with van der Waals surface area (Å²) in [4.78, 5) is 0. The zero-order valence-corrected chi connectivity index (χ0v) is 10.6. The summed E-state index contributed by atoms with van der Waals surface area (Å²) in [5, 5.41) is 0. The highest BCUT2D eigenvalue weighted by Gasteiger charge is 3.21. The van der Waals surface area contributed by atoms with Crippen LogP contribution in [-0.4, -0.2) is 0 Å². The second-order valence-corrected chi connectivity index (χ2v) is 10.5. The van der Waals surface area contributed by atoms with Gasteiger partial charge < -0.3 is 0 Å². The quantitative estimate of drug-likeness (QED) is 0.604. The predicted octanol–water partition coefficient (Wildman–Crippen LogP) is 2.79. The lowest BCUT2D eigenvalue weighted by Crippen LogP contribution is -3.21. The molecule has 0 saturated heterocycles. The van der Waals surface area contributed by atoms with E-state index in [1.807, 2.05) is 0 Å². The van der Waals surface area contributed by atoms with Gasteiger partial charge in [-0.3, -0.25) is 0 Å². The average molecular weight is 234 g/mol. The summed E-state index contributed by atoms with van der Waals surface area (Å²) in [5.41, 5.74) is 4.35. The molecule has 0 heteroatoms. The van der Waals surface area contributed by atoms with Gasteiger partial charge >= 0.3 is 0 Å². The van der Waals surface area contributed by atoms with Crippen molar-refractivity contribution >= 4 is 0 Å². The van der Waals surface area contributed by atoms with Crippen LogP contribution in [0.25, 0.3) is 0 Å². The molecule has 10 saturated carbocycles. The molecule has 0 N–H and O–H groups in total. The van der Waals surface area contributed by atoms with Crippen LogP contribution in [0.4, 0.5) is 0 Å². The van der Waals surface area contributed by atoms with Gasteiger partial charge in [-0.1, -0.05) is 0 Å². The summed E-state index contributed by atoms with van der Waals surface area (Å²) in [5.74, 6) is 13.2. The fraction of sp³-hybridized carbons (Fsp3) is 1.00. The number of hydrogen-bond donors (Lipinski definition) is 0. The van der Waals surface area contributed by atoms with Crippen LogP contribution in [0.2, 0.25) is 0 Å². The van der Waals surface area contributed by atoms with Crippen LogP contribution in [-0.2, 0) is 0 Å². The van der Waals surface area contributed by atoms with E-state index in [1.165, 1.54) is 59.2 Å². The Balaban J connectivity index is 1.37. The molecule has 0 radical (unpaired) electrons. The van der Waals surface area contributed by atoms with Crippen molar-refractivity contribution in [2.24, 2.45) is 80.8 Å². The van der Waals surface area contributed by atoms with Gasteiger partial charge in [0.15, 0.2) is 0 Å². The number of hydrogen-bond acceptors (Lipinski definition) is 0. The normalized spacial score (nSPS) is 108. The van der Waals surface area contributed by atoms with Gasteiger partial charge in [-0.05, 0) is 107 Å². The van der Waals surface area contributed by atoms with Crippen LogP contribution >= 0.6 is 0 Å². The van der Waals surface area contributed by atoms with Crippen molar-refractivity contribution < 1.29 is 0 Å². The maximum absolute atomic E-state index is 1.71. The Bertz CT molecular complexity index is 574. The average Bonchev–Trinajstić information content (AvgIpc) is 2.24. The van der Waals surface area contributed by atoms with Crippen molar-refractivity contribution in [3.8, 4) is 0 Å². The summed E-state index contributed by atoms with van der Waals surface area (Å²) in [6, 6.07) is 0. The van der Waals surface area contributed by atoms with E-state index in [1.54, 1.807) is 25.7 Å². The second-order valence-electron chi connectivity index (χ2n) is 10.5. The summed E-state index contributed by atoms with van der Waals surface area (Å²) in [6.45, 7) is 0. The highest BCUT2D eigenvalue weighted by molar-refractivity contribution is 5.66. The van der Waals surface area contributed by atoms with Gasteiger partial charge in [-0.2, -0.15) is 0 Å². The third-order valence-electron chi connectivity index (χ3n) is 12.7. The molecular weight excluding hydrogens is 216 g/mol. The van der Waals surface area contributed by atoms with E-state index in [9.17, 15) is 0 Å². The topological polar surface area (TPSA) is 0 Å². The van der Waals surface area contributed by atoms with Crippen LogP contribution < -0.4 is 0 Å². The summed E-state index contributed by atoms with van der Waals surface area (Å²) in [7, 11) is 0. The van der Waals surface area contributed by atoms with Gasteiger partial charge in [0.25, 0.3) is 0 Å². The van der Waals surface area contributed by atoms with Gasteiger partial charge in [0.1, 0.15) is 0 Å². The lowest BCUT2D eigenvalue weighted by atomic mass is 8.80. The second kappa shape index (κ2) is 1.29. The molecular formula is C18H18. The summed E-state index contributed by atoms with van der Waals surface area (Å²) >= 11 is 0. The predicted molar refractivity (Wildman–Crippen MR) is 63.1 cm³/mol. The van der Waals surface area contributed by atoms with Crippen molar-refractivity contribution in [1.82, 2.24) is 0 Å². The molecule has 90 valence electrons. The molecule has 8 unspecified atom stereocenters. The Morgan fingerprint density at radius 3 is 1.11 bits per heavy atom. The highest BCUT2D eigenvalue weighted by Crippen LogP contribution is 3.24. The first-order chi connectivity index (χ1) is 8.90. The van der Waals surface area contributed by atoms with Crippen molar-refractivity contribution in [1.29, 1.82) is 0 Å². The smallest absolute Gasteiger partial charge is 0.00968 e. The molecule has 10 aliphatic rings. The molecule has 0 aromatic carbocycles. The minimum Gasteiger partial charge on any atom is -0.0461 e. The van der Waals surface area contributed by atoms with E-state index in [-0.39, 0.29) is 0 Å². The van der Waals surface area contributed by atoms with Crippen molar-refractivity contribution in [2.75, 3.05) is 0 Å². The molecule has 0 aliphatic heterocycles. The third-order valence-corrected chi connectivity index (χ3v) is 12.7. The zero-order valence-electron chi connectivity index (χ0n) is 10.6. The molecule has 18 heavy (non-hydrogen) atoms. The molecule has 10 aliphatic carbocycles. The Labute approximate surface area is 107 Å². The highest BCUT2D eigenvalue weighted by atomic mass is 15.2. The van der Waals surface area contributed by atoms with E-state index >= 15 is 0 Å². The molecule has 0 amide bonds. The molecule has 0 nitrogen and oxygen atoms in total. The SMILES string of the molecule is C1C2CC3C4C5C6CC7CC8C9C%10C1C23C%104C95C786. The van der Waals surface area contributed by atoms with Gasteiger partial charge in [0.2, 0.25) is 0 Å². The first kappa shape index (κ1) is 7.14. The fourth-order valence-electron chi connectivity index (χ4n) is 14.0. The van der Waals surface area contributed by atoms with Gasteiger partial charge in [-0.15, -0.1) is 0 Å². The Hall–Kier alpha value is 0. The molecule has 0 aromatic heterocycles. The monoisotopic (exact) mass is 234 g/mol. The third kappa shape index (κ3) is 0.223. The minimum atomic E-state index is 1.08. The molecule has 0 heterocycles. The number of rotatable bonds is 0. The Kier molecular flexibility index (Phi) is 0.513. The van der Waals surface area contributed by atoms with Gasteiger partial charge in [0, 0.05) is 0 Å². The lowest BCUT2D eigenvalue weighted by molar-refractivity contribution is -0.777. The van der Waals surface area contributed by atoms with Gasteiger partial charge in [0.05, 0.1) is 0 Å². The van der Waals surface area contributed by atoms with Crippen molar-refractivity contribution in [3.63, 3.8) is 0 Å². The fourth-order valence-corrected chi connectivity index (χ4v) is 14.0. The van der Waals surface area contributed by atoms with Crippen molar-refractivity contribution in [3.05, 3.63) is 0 Å². The van der Waals surface area contributed by atoms with Crippen LogP contribution in [0.3, 0.4) is 0 Å². The zero-order chi connectivity index (χ0) is 10.6. The lowest BCUT2D eigenvalue weighted by Gasteiger charge is -3.24. The Morgan fingerprint density at radius 1 is 0.500 bits per heavy atom. The summed E-state index contributed by atoms with van der Waals surface area (Å²) < 4.78 is 0. The van der Waals surface area contributed by atoms with Crippen LogP contribution in [0, 0.1) is 80.8 Å². The van der Waals surface area contributed by atoms with E-state index in [0.717, 1.165) is 21.7 Å². The van der Waals surface area contributed by atoms with Crippen LogP contribution in [0.15, 0.2) is 0 Å². The molecule has 0 bridgehead atoms. The minimum absolute atomic E-state index is 1.08. The van der Waals surface area contributed by atoms with Crippen LogP contribution in [0.5, 0.6) is 0 Å². The molecule has 0 aromatic rings. The van der Waals surface area contributed by atoms with Crippen LogP contribution in [0.1, 0.15) is 25.7 Å². The molecule has 4 spiro atoms. The Morgan fingerprint density at radius 2 is 0.833 bits per heavy atom. The molecule has 8 atom stereocenters. The van der Waals surface area contributed by atoms with E-state index in [2.05, 4.69) is 0 Å². The first-order valence-corrected chi connectivity index (χ1v) is 8.90. The van der Waals surface area contributed by atoms with Gasteiger partial charge in [-0.25, -0.2) is 0 Å². The first-order valence-electron chi connectivity index (χ1n) is 8.90. The molecule has 10 fully saturated rings. The largest absolute Gasteiger partial charge is 0.0461 e. The molecule has 10 rings (SSSR count). The van der Waals surface area contributed by atoms with E-state index in [4.69, 9.17) is 0 Å². The maximum atomic E-state index is 1.71. The van der Waals surface area contributed by atoms with E-state index in [0.29, 0.717) is 0 Å². The van der Waals surface area contributed by atoms with E-state index < -0.39 is 0 Å².